The molecule has 0 saturated carbocycles. The van der Waals surface area contributed by atoms with E-state index in [1.807, 2.05) is 19.1 Å². The molecule has 1 rings (SSSR count). The molecule has 4 nitrogen and oxygen atoms in total. The summed E-state index contributed by atoms with van der Waals surface area (Å²) in [4.78, 5) is 4.11. The third kappa shape index (κ3) is 2.97. The van der Waals surface area contributed by atoms with Crippen LogP contribution in [0.15, 0.2) is 18.3 Å². The molecule has 1 atom stereocenters. The molecule has 0 saturated heterocycles. The second-order valence-corrected chi connectivity index (χ2v) is 2.92. The predicted octanol–water partition coefficient (Wildman–Crippen LogP) is 1.13. The molecule has 0 aromatic carbocycles. The largest absolute Gasteiger partial charge is 0.478 e. The van der Waals surface area contributed by atoms with Crippen molar-refractivity contribution in [3.05, 3.63) is 23.9 Å². The first-order valence-electron chi connectivity index (χ1n) is 4.61. The standard InChI is InChI=1S/C10H16N2O2/c1-3-14-10-5-4-8(6-12-10)9(11)7-13-2/h4-6,9H,3,7,11H2,1-2H3. The quantitative estimate of drug-likeness (QED) is 0.766. The van der Waals surface area contributed by atoms with Crippen molar-refractivity contribution in [2.45, 2.75) is 13.0 Å². The Labute approximate surface area is 84.0 Å². The smallest absolute Gasteiger partial charge is 0.213 e. The van der Waals surface area contributed by atoms with E-state index >= 15 is 0 Å². The minimum absolute atomic E-state index is 0.122. The molecule has 4 heteroatoms. The molecule has 0 fully saturated rings. The SMILES string of the molecule is CCOc1ccc(C(N)COC)cn1. The lowest BCUT2D eigenvalue weighted by Crippen LogP contribution is -2.16. The van der Waals surface area contributed by atoms with Gasteiger partial charge < -0.3 is 15.2 Å². The molecule has 1 unspecified atom stereocenters. The minimum atomic E-state index is -0.122. The zero-order valence-electron chi connectivity index (χ0n) is 8.56. The van der Waals surface area contributed by atoms with Crippen LogP contribution in [0.5, 0.6) is 5.88 Å². The third-order valence-electron chi connectivity index (χ3n) is 1.83. The first-order valence-corrected chi connectivity index (χ1v) is 4.61. The number of hydrogen-bond donors (Lipinski definition) is 1. The van der Waals surface area contributed by atoms with Gasteiger partial charge in [0, 0.05) is 19.4 Å². The Morgan fingerprint density at radius 2 is 2.29 bits per heavy atom. The normalized spacial score (nSPS) is 12.5. The molecule has 0 bridgehead atoms. The van der Waals surface area contributed by atoms with Crippen molar-refractivity contribution in [3.63, 3.8) is 0 Å². The number of hydrogen-bond acceptors (Lipinski definition) is 4. The van der Waals surface area contributed by atoms with Crippen LogP contribution in [0, 0.1) is 0 Å². The molecule has 78 valence electrons. The van der Waals surface area contributed by atoms with Crippen LogP contribution in [-0.2, 0) is 4.74 Å². The number of nitrogens with zero attached hydrogens (tertiary/aromatic N) is 1. The summed E-state index contributed by atoms with van der Waals surface area (Å²) in [5.41, 5.74) is 6.78. The molecule has 0 aliphatic carbocycles. The highest BCUT2D eigenvalue weighted by Gasteiger charge is 2.05. The summed E-state index contributed by atoms with van der Waals surface area (Å²) in [6.07, 6.45) is 1.72. The van der Waals surface area contributed by atoms with Gasteiger partial charge in [-0.3, -0.25) is 0 Å². The van der Waals surface area contributed by atoms with Crippen LogP contribution in [0.2, 0.25) is 0 Å². The van der Waals surface area contributed by atoms with E-state index in [9.17, 15) is 0 Å². The van der Waals surface area contributed by atoms with Gasteiger partial charge in [-0.25, -0.2) is 4.98 Å². The second kappa shape index (κ2) is 5.57. The van der Waals surface area contributed by atoms with Gasteiger partial charge in [-0.1, -0.05) is 6.07 Å². The van der Waals surface area contributed by atoms with Crippen LogP contribution < -0.4 is 10.5 Å². The first-order chi connectivity index (χ1) is 6.77. The molecular weight excluding hydrogens is 180 g/mol. The van der Waals surface area contributed by atoms with Crippen molar-refractivity contribution in [3.8, 4) is 5.88 Å². The van der Waals surface area contributed by atoms with Crippen molar-refractivity contribution in [1.29, 1.82) is 0 Å². The van der Waals surface area contributed by atoms with Gasteiger partial charge in [0.15, 0.2) is 0 Å². The Morgan fingerprint density at radius 3 is 2.79 bits per heavy atom. The number of methoxy groups -OCH3 is 1. The Hall–Kier alpha value is -1.13. The van der Waals surface area contributed by atoms with Crippen molar-refractivity contribution < 1.29 is 9.47 Å². The molecule has 0 aliphatic heterocycles. The summed E-state index contributed by atoms with van der Waals surface area (Å²) in [5.74, 6) is 0.626. The lowest BCUT2D eigenvalue weighted by Gasteiger charge is -2.10. The molecule has 1 heterocycles. The Morgan fingerprint density at radius 1 is 1.50 bits per heavy atom. The van der Waals surface area contributed by atoms with Gasteiger partial charge in [-0.15, -0.1) is 0 Å². The van der Waals surface area contributed by atoms with Gasteiger partial charge in [0.05, 0.1) is 19.3 Å². The zero-order chi connectivity index (χ0) is 10.4. The monoisotopic (exact) mass is 196 g/mol. The van der Waals surface area contributed by atoms with E-state index in [-0.39, 0.29) is 6.04 Å². The molecule has 0 radical (unpaired) electrons. The lowest BCUT2D eigenvalue weighted by atomic mass is 10.1. The number of rotatable bonds is 5. The Bertz CT molecular complexity index is 261. The molecule has 0 amide bonds. The molecule has 1 aromatic heterocycles. The van der Waals surface area contributed by atoms with Gasteiger partial charge in [0.2, 0.25) is 5.88 Å². The highest BCUT2D eigenvalue weighted by atomic mass is 16.5. The highest BCUT2D eigenvalue weighted by Crippen LogP contribution is 2.12. The number of nitrogens with two attached hydrogens (primary N) is 1. The summed E-state index contributed by atoms with van der Waals surface area (Å²) >= 11 is 0. The number of ether oxygens (including phenoxy) is 2. The van der Waals surface area contributed by atoms with Gasteiger partial charge >= 0.3 is 0 Å². The number of pyridine rings is 1. The third-order valence-corrected chi connectivity index (χ3v) is 1.83. The molecule has 1 aromatic rings. The summed E-state index contributed by atoms with van der Waals surface area (Å²) in [7, 11) is 1.63. The molecule has 14 heavy (non-hydrogen) atoms. The second-order valence-electron chi connectivity index (χ2n) is 2.92. The van der Waals surface area contributed by atoms with E-state index in [2.05, 4.69) is 4.98 Å². The molecule has 0 aliphatic rings. The van der Waals surface area contributed by atoms with E-state index < -0.39 is 0 Å². The predicted molar refractivity (Wildman–Crippen MR) is 54.2 cm³/mol. The fourth-order valence-electron chi connectivity index (χ4n) is 1.12. The van der Waals surface area contributed by atoms with Crippen molar-refractivity contribution >= 4 is 0 Å². The van der Waals surface area contributed by atoms with E-state index in [0.717, 1.165) is 5.56 Å². The van der Waals surface area contributed by atoms with Crippen LogP contribution >= 0.6 is 0 Å². The van der Waals surface area contributed by atoms with Crippen LogP contribution in [0.25, 0.3) is 0 Å². The maximum absolute atomic E-state index is 5.82. The molecular formula is C10H16N2O2. The van der Waals surface area contributed by atoms with Crippen LogP contribution in [-0.4, -0.2) is 25.3 Å². The number of aromatic nitrogens is 1. The summed E-state index contributed by atoms with van der Waals surface area (Å²) in [5, 5.41) is 0. The van der Waals surface area contributed by atoms with Crippen LogP contribution in [0.4, 0.5) is 0 Å². The summed E-state index contributed by atoms with van der Waals surface area (Å²) < 4.78 is 10.2. The van der Waals surface area contributed by atoms with Crippen molar-refractivity contribution in [2.24, 2.45) is 5.73 Å². The van der Waals surface area contributed by atoms with Gasteiger partial charge in [-0.05, 0) is 12.5 Å². The van der Waals surface area contributed by atoms with Gasteiger partial charge in [0.25, 0.3) is 0 Å². The van der Waals surface area contributed by atoms with E-state index in [1.54, 1.807) is 13.3 Å². The topological polar surface area (TPSA) is 57.4 Å². The zero-order valence-corrected chi connectivity index (χ0v) is 8.56. The summed E-state index contributed by atoms with van der Waals surface area (Å²) in [6.45, 7) is 3.04. The average molecular weight is 196 g/mol. The maximum atomic E-state index is 5.82. The fraction of sp³-hybridized carbons (Fsp3) is 0.500. The van der Waals surface area contributed by atoms with Crippen molar-refractivity contribution in [2.75, 3.05) is 20.3 Å². The average Bonchev–Trinajstić information content (AvgIpc) is 2.20. The van der Waals surface area contributed by atoms with E-state index in [0.29, 0.717) is 19.1 Å². The van der Waals surface area contributed by atoms with E-state index in [1.165, 1.54) is 0 Å². The van der Waals surface area contributed by atoms with Crippen molar-refractivity contribution in [1.82, 2.24) is 4.98 Å². The minimum Gasteiger partial charge on any atom is -0.478 e. The van der Waals surface area contributed by atoms with Gasteiger partial charge in [-0.2, -0.15) is 0 Å². The van der Waals surface area contributed by atoms with Crippen LogP contribution in [0.1, 0.15) is 18.5 Å². The Kier molecular flexibility index (Phi) is 4.35. The van der Waals surface area contributed by atoms with Crippen LogP contribution in [0.3, 0.4) is 0 Å². The Balaban J connectivity index is 2.62. The lowest BCUT2D eigenvalue weighted by molar-refractivity contribution is 0.180. The van der Waals surface area contributed by atoms with E-state index in [4.69, 9.17) is 15.2 Å². The molecule has 0 spiro atoms. The molecule has 2 N–H and O–H groups in total. The highest BCUT2D eigenvalue weighted by molar-refractivity contribution is 5.20. The van der Waals surface area contributed by atoms with Gasteiger partial charge in [0.1, 0.15) is 0 Å². The maximum Gasteiger partial charge on any atom is 0.213 e. The first kappa shape index (κ1) is 10.9. The summed E-state index contributed by atoms with van der Waals surface area (Å²) in [6, 6.07) is 3.60. The fourth-order valence-corrected chi connectivity index (χ4v) is 1.12.